The summed E-state index contributed by atoms with van der Waals surface area (Å²) in [4.78, 5) is 31.4. The lowest BCUT2D eigenvalue weighted by atomic mass is 9.96. The number of rotatable bonds is 8. The first-order valence-corrected chi connectivity index (χ1v) is 14.2. The largest absolute Gasteiger partial charge is 0.379 e. The molecule has 0 saturated carbocycles. The quantitative estimate of drug-likeness (QED) is 0.367. The first-order chi connectivity index (χ1) is 19.8. The van der Waals surface area contributed by atoms with Crippen LogP contribution in [0.1, 0.15) is 45.1 Å². The minimum atomic E-state index is -0.420. The van der Waals surface area contributed by atoms with Gasteiger partial charge in [-0.2, -0.15) is 5.10 Å². The van der Waals surface area contributed by atoms with Crippen LogP contribution in [0.2, 0.25) is 5.02 Å². The average Bonchev–Trinajstić information content (AvgIpc) is 3.43. The van der Waals surface area contributed by atoms with Gasteiger partial charge in [0.25, 0.3) is 11.8 Å². The van der Waals surface area contributed by atoms with Gasteiger partial charge in [0.1, 0.15) is 12.4 Å². The molecule has 5 rings (SSSR count). The molecule has 7 nitrogen and oxygen atoms in total. The number of morpholine rings is 1. The molecule has 3 aromatic carbocycles. The Bertz CT molecular complexity index is 1440. The number of aryl methyl sites for hydroxylation is 2. The Balaban J connectivity index is 1.43. The second-order valence-electron chi connectivity index (χ2n) is 10.5. The van der Waals surface area contributed by atoms with Crippen LogP contribution in [-0.2, 0) is 9.53 Å². The summed E-state index contributed by atoms with van der Waals surface area (Å²) < 4.78 is 19.2. The van der Waals surface area contributed by atoms with Crippen molar-refractivity contribution in [3.63, 3.8) is 0 Å². The molecule has 9 heteroatoms. The highest BCUT2D eigenvalue weighted by Crippen LogP contribution is 2.33. The standard InChI is InChI=1S/C32H34ClFN4O3/c1-22-7-8-25(19-23(22)2)29-20-30(24-9-11-26(34)12-10-24)38(35-29)31(39)21-37(14-13-36-15-17-41-18-16-36)32(40)27-5-3-4-6-28(27)33/h3-12,19,30H,13-18,20-21H2,1-2H3. The monoisotopic (exact) mass is 576 g/mol. The Hall–Kier alpha value is -3.59. The van der Waals surface area contributed by atoms with Crippen molar-refractivity contribution in [1.82, 2.24) is 14.8 Å². The Morgan fingerprint density at radius 3 is 2.46 bits per heavy atom. The third-order valence-corrected chi connectivity index (χ3v) is 8.10. The number of hydrogen-bond donors (Lipinski definition) is 0. The zero-order valence-electron chi connectivity index (χ0n) is 23.4. The van der Waals surface area contributed by atoms with E-state index in [2.05, 4.69) is 11.0 Å². The number of halogens is 2. The van der Waals surface area contributed by atoms with Gasteiger partial charge in [0.05, 0.1) is 35.6 Å². The van der Waals surface area contributed by atoms with E-state index in [1.807, 2.05) is 26.0 Å². The van der Waals surface area contributed by atoms with E-state index < -0.39 is 6.04 Å². The van der Waals surface area contributed by atoms with E-state index in [4.69, 9.17) is 21.4 Å². The van der Waals surface area contributed by atoms with Crippen molar-refractivity contribution in [3.8, 4) is 0 Å². The molecule has 0 aliphatic carbocycles. The minimum absolute atomic E-state index is 0.171. The molecule has 214 valence electrons. The molecule has 41 heavy (non-hydrogen) atoms. The van der Waals surface area contributed by atoms with Crippen LogP contribution < -0.4 is 0 Å². The van der Waals surface area contributed by atoms with Crippen LogP contribution in [-0.4, -0.2) is 78.3 Å². The van der Waals surface area contributed by atoms with Crippen LogP contribution in [0.4, 0.5) is 4.39 Å². The zero-order chi connectivity index (χ0) is 28.9. The van der Waals surface area contributed by atoms with E-state index >= 15 is 0 Å². The number of ether oxygens (including phenoxy) is 1. The van der Waals surface area contributed by atoms with Crippen molar-refractivity contribution in [1.29, 1.82) is 0 Å². The summed E-state index contributed by atoms with van der Waals surface area (Å²) >= 11 is 6.38. The predicted octanol–water partition coefficient (Wildman–Crippen LogP) is 5.25. The van der Waals surface area contributed by atoms with E-state index in [1.54, 1.807) is 41.3 Å². The maximum atomic E-state index is 14.0. The lowest BCUT2D eigenvalue weighted by Crippen LogP contribution is -2.46. The molecule has 0 N–H and O–H groups in total. The first kappa shape index (κ1) is 28.9. The molecular formula is C32H34ClFN4O3. The summed E-state index contributed by atoms with van der Waals surface area (Å²) in [5.74, 6) is -0.979. The van der Waals surface area contributed by atoms with Gasteiger partial charge in [-0.15, -0.1) is 0 Å². The lowest BCUT2D eigenvalue weighted by Gasteiger charge is -2.31. The highest BCUT2D eigenvalue weighted by Gasteiger charge is 2.35. The summed E-state index contributed by atoms with van der Waals surface area (Å²) in [5.41, 5.74) is 5.14. The number of hydrazone groups is 1. The van der Waals surface area contributed by atoms with Crippen LogP contribution in [0.25, 0.3) is 0 Å². The van der Waals surface area contributed by atoms with Gasteiger partial charge < -0.3 is 9.64 Å². The molecule has 2 aliphatic rings. The molecule has 1 atom stereocenters. The Morgan fingerprint density at radius 1 is 1.02 bits per heavy atom. The summed E-state index contributed by atoms with van der Waals surface area (Å²) in [6, 6.07) is 18.7. The predicted molar refractivity (Wildman–Crippen MR) is 158 cm³/mol. The van der Waals surface area contributed by atoms with E-state index in [0.29, 0.717) is 43.3 Å². The topological polar surface area (TPSA) is 65.5 Å². The molecule has 1 fully saturated rings. The third-order valence-electron chi connectivity index (χ3n) is 7.77. The molecule has 1 unspecified atom stereocenters. The number of nitrogens with zero attached hydrogens (tertiary/aromatic N) is 4. The fourth-order valence-corrected chi connectivity index (χ4v) is 5.38. The normalized spacial score (nSPS) is 17.4. The maximum absolute atomic E-state index is 14.0. The molecule has 2 heterocycles. The second kappa shape index (κ2) is 12.9. The van der Waals surface area contributed by atoms with Gasteiger partial charge >= 0.3 is 0 Å². The fourth-order valence-electron chi connectivity index (χ4n) is 5.16. The van der Waals surface area contributed by atoms with Crippen molar-refractivity contribution in [2.24, 2.45) is 5.10 Å². The van der Waals surface area contributed by atoms with Crippen molar-refractivity contribution >= 4 is 29.1 Å². The smallest absolute Gasteiger partial charge is 0.262 e. The number of hydrogen-bond acceptors (Lipinski definition) is 5. The summed E-state index contributed by atoms with van der Waals surface area (Å²) in [6.07, 6.45) is 0.478. The number of benzene rings is 3. The second-order valence-corrected chi connectivity index (χ2v) is 10.9. The molecule has 0 bridgehead atoms. The molecule has 0 aromatic heterocycles. The fraction of sp³-hybridized carbons (Fsp3) is 0.344. The molecule has 2 amide bonds. The molecular weight excluding hydrogens is 543 g/mol. The average molecular weight is 577 g/mol. The molecule has 0 radical (unpaired) electrons. The van der Waals surface area contributed by atoms with Gasteiger partial charge in [0, 0.05) is 32.6 Å². The van der Waals surface area contributed by atoms with Crippen LogP contribution >= 0.6 is 11.6 Å². The van der Waals surface area contributed by atoms with Crippen LogP contribution in [0.3, 0.4) is 0 Å². The first-order valence-electron chi connectivity index (χ1n) is 13.9. The highest BCUT2D eigenvalue weighted by atomic mass is 35.5. The van der Waals surface area contributed by atoms with Crippen LogP contribution in [0.5, 0.6) is 0 Å². The van der Waals surface area contributed by atoms with Gasteiger partial charge in [0.15, 0.2) is 0 Å². The zero-order valence-corrected chi connectivity index (χ0v) is 24.1. The van der Waals surface area contributed by atoms with Crippen LogP contribution in [0, 0.1) is 19.7 Å². The molecule has 2 aliphatic heterocycles. The van der Waals surface area contributed by atoms with E-state index in [1.165, 1.54) is 22.7 Å². The van der Waals surface area contributed by atoms with Gasteiger partial charge in [-0.3, -0.25) is 14.5 Å². The highest BCUT2D eigenvalue weighted by molar-refractivity contribution is 6.33. The number of amides is 2. The van der Waals surface area contributed by atoms with E-state index in [-0.39, 0.29) is 24.2 Å². The van der Waals surface area contributed by atoms with Crippen molar-refractivity contribution in [3.05, 3.63) is 105 Å². The van der Waals surface area contributed by atoms with Gasteiger partial charge in [0.2, 0.25) is 0 Å². The Morgan fingerprint density at radius 2 is 1.76 bits per heavy atom. The number of carbonyl (C=O) groups excluding carboxylic acids is 2. The van der Waals surface area contributed by atoms with Gasteiger partial charge in [-0.05, 0) is 66.4 Å². The summed E-state index contributed by atoms with van der Waals surface area (Å²) in [5, 5.41) is 6.57. The van der Waals surface area contributed by atoms with Crippen LogP contribution in [0.15, 0.2) is 71.8 Å². The lowest BCUT2D eigenvalue weighted by molar-refractivity contribution is -0.133. The molecule has 1 saturated heterocycles. The minimum Gasteiger partial charge on any atom is -0.379 e. The maximum Gasteiger partial charge on any atom is 0.262 e. The van der Waals surface area contributed by atoms with Crippen molar-refractivity contribution in [2.75, 3.05) is 45.9 Å². The summed E-state index contributed by atoms with van der Waals surface area (Å²) in [7, 11) is 0. The summed E-state index contributed by atoms with van der Waals surface area (Å²) in [6.45, 7) is 7.69. The SMILES string of the molecule is Cc1ccc(C2=NN(C(=O)CN(CCN3CCOCC3)C(=O)c3ccccc3Cl)C(c3ccc(F)cc3)C2)cc1C. The third kappa shape index (κ3) is 6.84. The van der Waals surface area contributed by atoms with Crippen molar-refractivity contribution < 1.29 is 18.7 Å². The van der Waals surface area contributed by atoms with Crippen molar-refractivity contribution in [2.45, 2.75) is 26.3 Å². The number of carbonyl (C=O) groups is 2. The molecule has 3 aromatic rings. The Kier molecular flexibility index (Phi) is 9.12. The van der Waals surface area contributed by atoms with Gasteiger partial charge in [-0.25, -0.2) is 9.40 Å². The van der Waals surface area contributed by atoms with E-state index in [9.17, 15) is 14.0 Å². The molecule has 0 spiro atoms. The van der Waals surface area contributed by atoms with E-state index in [0.717, 1.165) is 35.5 Å². The van der Waals surface area contributed by atoms with Gasteiger partial charge in [-0.1, -0.05) is 48.0 Å². The Labute approximate surface area is 245 Å².